The molecule has 0 saturated carbocycles. The number of carbonyl (C=O) groups is 4. The molecule has 3 atom stereocenters. The van der Waals surface area contributed by atoms with Gasteiger partial charge in [-0.25, -0.2) is 0 Å². The Hall–Kier alpha value is -4.28. The van der Waals surface area contributed by atoms with Gasteiger partial charge in [0.15, 0.2) is 0 Å². The van der Waals surface area contributed by atoms with E-state index in [-0.39, 0.29) is 25.1 Å². The Kier molecular flexibility index (Phi) is 9.88. The molecule has 11 nitrogen and oxygen atoms in total. The van der Waals surface area contributed by atoms with E-state index in [4.69, 9.17) is 10.5 Å². The zero-order chi connectivity index (χ0) is 26.0. The number of nitrogens with two attached hydrogens (primary N) is 1. The van der Waals surface area contributed by atoms with E-state index in [1.54, 1.807) is 31.2 Å². The fourth-order valence-corrected chi connectivity index (χ4v) is 3.60. The Labute approximate surface area is 202 Å². The van der Waals surface area contributed by atoms with Crippen LogP contribution in [0.2, 0.25) is 0 Å². The fraction of sp³-hybridized carbons (Fsp3) is 0.333. The number of primary amides is 1. The number of nitro benzene ring substituents is 1. The molecule has 2 aromatic carbocycles. The van der Waals surface area contributed by atoms with Crippen molar-refractivity contribution in [3.63, 3.8) is 0 Å². The number of hydrogen-bond acceptors (Lipinski definition) is 7. The average molecular weight is 485 g/mol. The van der Waals surface area contributed by atoms with Gasteiger partial charge in [0.1, 0.15) is 12.1 Å². The van der Waals surface area contributed by atoms with Crippen molar-refractivity contribution in [2.24, 2.45) is 5.73 Å². The van der Waals surface area contributed by atoms with Crippen molar-refractivity contribution in [3.05, 3.63) is 75.8 Å². The van der Waals surface area contributed by atoms with Crippen LogP contribution in [0.5, 0.6) is 0 Å². The predicted octanol–water partition coefficient (Wildman–Crippen LogP) is 1.35. The summed E-state index contributed by atoms with van der Waals surface area (Å²) in [5.74, 6) is -3.66. The number of non-ortho nitro benzene ring substituents is 1. The largest absolute Gasteiger partial charge is 0.466 e. The standard InChI is InChI=1S/C24H28N4O7/c1-3-35-21(30)14-19(17-9-11-18(12-10-17)28(33)34)22(23(25)31)27-24(32)20(26-15(2)29)13-16-7-5-4-6-8-16/h4-12,19-20,22H,3,13-14H2,1-2H3,(H2,25,31)(H,26,29)(H,27,32)/t19-,20+,22+/m1/s1. The summed E-state index contributed by atoms with van der Waals surface area (Å²) in [5, 5.41) is 16.1. The van der Waals surface area contributed by atoms with E-state index in [1.165, 1.54) is 31.2 Å². The second-order valence-corrected chi connectivity index (χ2v) is 7.80. The maximum absolute atomic E-state index is 13.1. The Morgan fingerprint density at radius 2 is 1.66 bits per heavy atom. The van der Waals surface area contributed by atoms with Crippen LogP contribution in [0.15, 0.2) is 54.6 Å². The SMILES string of the molecule is CCOC(=O)C[C@H](c1ccc([N+](=O)[O-])cc1)[C@H](NC(=O)[C@H](Cc1ccccc1)NC(C)=O)C(N)=O. The highest BCUT2D eigenvalue weighted by Crippen LogP contribution is 2.27. The third-order valence-electron chi connectivity index (χ3n) is 5.21. The lowest BCUT2D eigenvalue weighted by molar-refractivity contribution is -0.384. The van der Waals surface area contributed by atoms with E-state index in [0.29, 0.717) is 5.56 Å². The molecule has 0 heterocycles. The molecule has 0 fully saturated rings. The molecular weight excluding hydrogens is 456 g/mol. The van der Waals surface area contributed by atoms with E-state index < -0.39 is 46.6 Å². The summed E-state index contributed by atoms with van der Waals surface area (Å²) in [6, 6.07) is 11.8. The summed E-state index contributed by atoms with van der Waals surface area (Å²) in [6.45, 7) is 2.98. The summed E-state index contributed by atoms with van der Waals surface area (Å²) in [6.07, 6.45) is -0.166. The molecule has 0 aromatic heterocycles. The molecule has 2 rings (SSSR count). The normalized spacial score (nSPS) is 13.1. The highest BCUT2D eigenvalue weighted by Gasteiger charge is 2.34. The summed E-state index contributed by atoms with van der Waals surface area (Å²) < 4.78 is 5.00. The molecule has 0 aliphatic rings. The zero-order valence-corrected chi connectivity index (χ0v) is 19.4. The van der Waals surface area contributed by atoms with Gasteiger partial charge in [0, 0.05) is 31.4 Å². The second-order valence-electron chi connectivity index (χ2n) is 7.80. The van der Waals surface area contributed by atoms with Gasteiger partial charge in [0.05, 0.1) is 18.0 Å². The van der Waals surface area contributed by atoms with Gasteiger partial charge in [0.25, 0.3) is 5.69 Å². The zero-order valence-electron chi connectivity index (χ0n) is 19.4. The molecule has 3 amide bonds. The molecule has 0 spiro atoms. The van der Waals surface area contributed by atoms with Crippen molar-refractivity contribution >= 4 is 29.4 Å². The monoisotopic (exact) mass is 484 g/mol. The average Bonchev–Trinajstić information content (AvgIpc) is 2.81. The first kappa shape index (κ1) is 27.0. The summed E-state index contributed by atoms with van der Waals surface area (Å²) in [5.41, 5.74) is 6.56. The first-order valence-corrected chi connectivity index (χ1v) is 10.9. The molecule has 0 aliphatic heterocycles. The number of ether oxygens (including phenoxy) is 1. The van der Waals surface area contributed by atoms with Gasteiger partial charge in [-0.1, -0.05) is 42.5 Å². The number of carbonyl (C=O) groups excluding carboxylic acids is 4. The highest BCUT2D eigenvalue weighted by atomic mass is 16.6. The van der Waals surface area contributed by atoms with Crippen molar-refractivity contribution in [1.29, 1.82) is 0 Å². The number of amides is 3. The van der Waals surface area contributed by atoms with Gasteiger partial charge < -0.3 is 21.1 Å². The summed E-state index contributed by atoms with van der Waals surface area (Å²) in [7, 11) is 0. The second kappa shape index (κ2) is 12.8. The smallest absolute Gasteiger partial charge is 0.306 e. The van der Waals surface area contributed by atoms with Crippen LogP contribution in [0.4, 0.5) is 5.69 Å². The molecule has 0 saturated heterocycles. The number of nitrogens with zero attached hydrogens (tertiary/aromatic N) is 1. The van der Waals surface area contributed by atoms with Crippen LogP contribution in [0.3, 0.4) is 0 Å². The third-order valence-corrected chi connectivity index (χ3v) is 5.21. The van der Waals surface area contributed by atoms with Crippen molar-refractivity contribution in [3.8, 4) is 0 Å². The van der Waals surface area contributed by atoms with E-state index in [2.05, 4.69) is 10.6 Å². The Morgan fingerprint density at radius 1 is 1.03 bits per heavy atom. The van der Waals surface area contributed by atoms with E-state index >= 15 is 0 Å². The molecule has 0 aliphatic carbocycles. The first-order valence-electron chi connectivity index (χ1n) is 10.9. The number of rotatable bonds is 12. The van der Waals surface area contributed by atoms with E-state index in [1.807, 2.05) is 6.07 Å². The minimum atomic E-state index is -1.36. The number of benzene rings is 2. The fourth-order valence-electron chi connectivity index (χ4n) is 3.60. The van der Waals surface area contributed by atoms with Gasteiger partial charge in [0.2, 0.25) is 17.7 Å². The van der Waals surface area contributed by atoms with Crippen LogP contribution in [0.1, 0.15) is 37.3 Å². The van der Waals surface area contributed by atoms with Crippen LogP contribution < -0.4 is 16.4 Å². The lowest BCUT2D eigenvalue weighted by Gasteiger charge is -2.27. The van der Waals surface area contributed by atoms with Crippen molar-refractivity contribution < 1.29 is 28.8 Å². The molecule has 4 N–H and O–H groups in total. The predicted molar refractivity (Wildman–Crippen MR) is 126 cm³/mol. The van der Waals surface area contributed by atoms with Crippen LogP contribution in [0, 0.1) is 10.1 Å². The molecule has 0 radical (unpaired) electrons. The minimum Gasteiger partial charge on any atom is -0.466 e. The quantitative estimate of drug-likeness (QED) is 0.232. The molecule has 11 heteroatoms. The van der Waals surface area contributed by atoms with Crippen LogP contribution >= 0.6 is 0 Å². The third kappa shape index (κ3) is 8.22. The number of nitro groups is 1. The highest BCUT2D eigenvalue weighted by molar-refractivity contribution is 5.92. The van der Waals surface area contributed by atoms with Gasteiger partial charge in [-0.3, -0.25) is 29.3 Å². The summed E-state index contributed by atoms with van der Waals surface area (Å²) >= 11 is 0. The molecular formula is C24H28N4O7. The van der Waals surface area contributed by atoms with Crippen LogP contribution in [-0.2, 0) is 30.3 Å². The molecule has 35 heavy (non-hydrogen) atoms. The van der Waals surface area contributed by atoms with Crippen molar-refractivity contribution in [2.75, 3.05) is 6.61 Å². The van der Waals surface area contributed by atoms with Gasteiger partial charge in [-0.15, -0.1) is 0 Å². The molecule has 2 aromatic rings. The summed E-state index contributed by atoms with van der Waals surface area (Å²) in [4.78, 5) is 60.0. The van der Waals surface area contributed by atoms with Crippen molar-refractivity contribution in [2.45, 2.75) is 44.7 Å². The Bertz CT molecular complexity index is 1060. The number of esters is 1. The Morgan fingerprint density at radius 3 is 2.17 bits per heavy atom. The van der Waals surface area contributed by atoms with E-state index in [0.717, 1.165) is 5.56 Å². The minimum absolute atomic E-state index is 0.0983. The van der Waals surface area contributed by atoms with E-state index in [9.17, 15) is 29.3 Å². The van der Waals surface area contributed by atoms with Gasteiger partial charge in [-0.05, 0) is 18.1 Å². The lowest BCUT2D eigenvalue weighted by atomic mass is 9.87. The van der Waals surface area contributed by atoms with Crippen LogP contribution in [0.25, 0.3) is 0 Å². The number of hydrogen-bond donors (Lipinski definition) is 3. The van der Waals surface area contributed by atoms with Gasteiger partial charge >= 0.3 is 5.97 Å². The van der Waals surface area contributed by atoms with Crippen molar-refractivity contribution in [1.82, 2.24) is 10.6 Å². The maximum Gasteiger partial charge on any atom is 0.306 e. The van der Waals surface area contributed by atoms with Gasteiger partial charge in [-0.2, -0.15) is 0 Å². The Balaban J connectivity index is 2.36. The lowest BCUT2D eigenvalue weighted by Crippen LogP contribution is -2.55. The molecule has 0 unspecified atom stereocenters. The number of nitrogens with one attached hydrogen (secondary N) is 2. The molecule has 0 bridgehead atoms. The maximum atomic E-state index is 13.1. The first-order chi connectivity index (χ1) is 16.6. The van der Waals surface area contributed by atoms with Crippen LogP contribution in [-0.4, -0.2) is 47.3 Å². The topological polar surface area (TPSA) is 171 Å². The molecule has 186 valence electrons.